The molecule has 0 aliphatic carbocycles. The maximum Gasteiger partial charge on any atom is 0.0486 e. The fraction of sp³-hybridized carbons (Fsp3) is 0.125. The second-order valence-electron chi connectivity index (χ2n) is 4.67. The van der Waals surface area contributed by atoms with E-state index in [1.165, 1.54) is 16.5 Å². The Morgan fingerprint density at radius 2 is 1.68 bits per heavy atom. The van der Waals surface area contributed by atoms with Crippen LogP contribution in [0.5, 0.6) is 0 Å². The van der Waals surface area contributed by atoms with Gasteiger partial charge in [-0.25, -0.2) is 0 Å². The largest absolute Gasteiger partial charge is 0.343 e. The molecule has 0 saturated heterocycles. The summed E-state index contributed by atoms with van der Waals surface area (Å²) in [7, 11) is 0. The highest BCUT2D eigenvalue weighted by Crippen LogP contribution is 2.19. The summed E-state index contributed by atoms with van der Waals surface area (Å²) in [4.78, 5) is 0. The van der Waals surface area contributed by atoms with Crippen molar-refractivity contribution < 1.29 is 0 Å². The first-order valence-corrected chi connectivity index (χ1v) is 6.66. The van der Waals surface area contributed by atoms with Crippen molar-refractivity contribution in [3.05, 3.63) is 70.9 Å². The Balaban J connectivity index is 1.98. The highest BCUT2D eigenvalue weighted by Gasteiger charge is 2.03. The minimum absolute atomic E-state index is 0.571. The molecule has 0 spiro atoms. The van der Waals surface area contributed by atoms with Gasteiger partial charge in [0.15, 0.2) is 0 Å². The number of hydrogen-bond acceptors (Lipinski definition) is 1. The first-order valence-electron chi connectivity index (χ1n) is 6.28. The van der Waals surface area contributed by atoms with Crippen LogP contribution in [0.3, 0.4) is 0 Å². The number of rotatable bonds is 3. The third kappa shape index (κ3) is 2.50. The molecule has 0 saturated carbocycles. The summed E-state index contributed by atoms with van der Waals surface area (Å²) in [5.74, 6) is 0. The fourth-order valence-electron chi connectivity index (χ4n) is 2.28. The monoisotopic (exact) mass is 270 g/mol. The summed E-state index contributed by atoms with van der Waals surface area (Å²) in [6.07, 6.45) is 2.11. The molecule has 0 fully saturated rings. The molecule has 2 nitrogen and oxygen atoms in total. The van der Waals surface area contributed by atoms with Crippen LogP contribution in [-0.4, -0.2) is 4.57 Å². The van der Waals surface area contributed by atoms with E-state index in [0.717, 1.165) is 17.1 Å². The molecule has 1 aromatic heterocycles. The molecule has 1 heterocycles. The number of fused-ring (bicyclic) bond motifs is 1. The molecule has 19 heavy (non-hydrogen) atoms. The topological polar surface area (TPSA) is 30.9 Å². The lowest BCUT2D eigenvalue weighted by molar-refractivity contribution is 0.836. The average Bonchev–Trinajstić information content (AvgIpc) is 2.84. The van der Waals surface area contributed by atoms with Gasteiger partial charge in [0.2, 0.25) is 0 Å². The second kappa shape index (κ2) is 5.08. The van der Waals surface area contributed by atoms with Crippen LogP contribution in [0.4, 0.5) is 0 Å². The number of aromatic nitrogens is 1. The second-order valence-corrected chi connectivity index (χ2v) is 5.10. The Kier molecular flexibility index (Phi) is 3.28. The van der Waals surface area contributed by atoms with Crippen LogP contribution in [0.15, 0.2) is 54.7 Å². The van der Waals surface area contributed by atoms with Crippen molar-refractivity contribution >= 4 is 22.5 Å². The van der Waals surface area contributed by atoms with Gasteiger partial charge in [0.05, 0.1) is 0 Å². The van der Waals surface area contributed by atoms with Crippen LogP contribution in [0.2, 0.25) is 5.02 Å². The van der Waals surface area contributed by atoms with Gasteiger partial charge >= 0.3 is 0 Å². The maximum absolute atomic E-state index is 5.91. The third-order valence-electron chi connectivity index (χ3n) is 3.34. The SMILES string of the molecule is NCc1ccc2ccn(Cc3ccc(Cl)cc3)c2c1. The zero-order valence-corrected chi connectivity index (χ0v) is 11.3. The summed E-state index contributed by atoms with van der Waals surface area (Å²) < 4.78 is 2.23. The van der Waals surface area contributed by atoms with Crippen LogP contribution < -0.4 is 5.73 Å². The molecular weight excluding hydrogens is 256 g/mol. The normalized spacial score (nSPS) is 11.1. The summed E-state index contributed by atoms with van der Waals surface area (Å²) in [6.45, 7) is 1.41. The molecule has 0 atom stereocenters. The van der Waals surface area contributed by atoms with Crippen molar-refractivity contribution in [1.29, 1.82) is 0 Å². The number of nitrogens with two attached hydrogens (primary N) is 1. The average molecular weight is 271 g/mol. The highest BCUT2D eigenvalue weighted by molar-refractivity contribution is 6.30. The van der Waals surface area contributed by atoms with Crippen LogP contribution in [0.1, 0.15) is 11.1 Å². The fourth-order valence-corrected chi connectivity index (χ4v) is 2.41. The van der Waals surface area contributed by atoms with Gasteiger partial charge in [-0.1, -0.05) is 35.9 Å². The Morgan fingerprint density at radius 1 is 0.947 bits per heavy atom. The van der Waals surface area contributed by atoms with Gasteiger partial charge in [-0.15, -0.1) is 0 Å². The van der Waals surface area contributed by atoms with Crippen molar-refractivity contribution in [3.8, 4) is 0 Å². The smallest absolute Gasteiger partial charge is 0.0486 e. The molecule has 2 N–H and O–H groups in total. The molecule has 0 bridgehead atoms. The van der Waals surface area contributed by atoms with E-state index in [2.05, 4.69) is 47.2 Å². The van der Waals surface area contributed by atoms with Gasteiger partial charge in [0, 0.05) is 29.8 Å². The van der Waals surface area contributed by atoms with Crippen molar-refractivity contribution in [2.75, 3.05) is 0 Å². The van der Waals surface area contributed by atoms with E-state index >= 15 is 0 Å². The van der Waals surface area contributed by atoms with E-state index in [0.29, 0.717) is 6.54 Å². The van der Waals surface area contributed by atoms with Gasteiger partial charge in [-0.3, -0.25) is 0 Å². The lowest BCUT2D eigenvalue weighted by atomic mass is 10.1. The molecule has 2 aromatic carbocycles. The molecule has 3 aromatic rings. The molecule has 0 aliphatic rings. The van der Waals surface area contributed by atoms with E-state index in [4.69, 9.17) is 17.3 Å². The Morgan fingerprint density at radius 3 is 2.42 bits per heavy atom. The molecule has 0 amide bonds. The molecule has 0 unspecified atom stereocenters. The molecule has 0 radical (unpaired) electrons. The molecule has 0 aliphatic heterocycles. The Bertz CT molecular complexity index is 698. The van der Waals surface area contributed by atoms with Gasteiger partial charge in [-0.2, -0.15) is 0 Å². The lowest BCUT2D eigenvalue weighted by Crippen LogP contribution is -1.99. The van der Waals surface area contributed by atoms with Crippen molar-refractivity contribution in [2.24, 2.45) is 5.73 Å². The van der Waals surface area contributed by atoms with Crippen molar-refractivity contribution in [3.63, 3.8) is 0 Å². The predicted molar refractivity (Wildman–Crippen MR) is 80.4 cm³/mol. The summed E-state index contributed by atoms with van der Waals surface area (Å²) >= 11 is 5.91. The molecule has 3 rings (SSSR count). The van der Waals surface area contributed by atoms with Gasteiger partial charge < -0.3 is 10.3 Å². The van der Waals surface area contributed by atoms with Gasteiger partial charge in [-0.05, 0) is 40.8 Å². The lowest BCUT2D eigenvalue weighted by Gasteiger charge is -2.07. The zero-order valence-electron chi connectivity index (χ0n) is 10.5. The number of nitrogens with zero attached hydrogens (tertiary/aromatic N) is 1. The van der Waals surface area contributed by atoms with E-state index in [-0.39, 0.29) is 0 Å². The Hall–Kier alpha value is -1.77. The zero-order chi connectivity index (χ0) is 13.2. The van der Waals surface area contributed by atoms with Crippen LogP contribution in [-0.2, 0) is 13.1 Å². The van der Waals surface area contributed by atoms with Crippen molar-refractivity contribution in [2.45, 2.75) is 13.1 Å². The van der Waals surface area contributed by atoms with E-state index in [1.54, 1.807) is 0 Å². The summed E-state index contributed by atoms with van der Waals surface area (Å²) in [5, 5.41) is 2.01. The number of hydrogen-bond donors (Lipinski definition) is 1. The van der Waals surface area contributed by atoms with E-state index < -0.39 is 0 Å². The number of benzene rings is 2. The van der Waals surface area contributed by atoms with Gasteiger partial charge in [0.1, 0.15) is 0 Å². The summed E-state index contributed by atoms with van der Waals surface area (Å²) in [6, 6.07) is 16.4. The molecule has 3 heteroatoms. The maximum atomic E-state index is 5.91. The third-order valence-corrected chi connectivity index (χ3v) is 3.59. The standard InChI is InChI=1S/C16H15ClN2/c17-15-5-2-12(3-6-15)11-19-8-7-14-4-1-13(10-18)9-16(14)19/h1-9H,10-11,18H2. The van der Waals surface area contributed by atoms with Crippen LogP contribution in [0.25, 0.3) is 10.9 Å². The van der Waals surface area contributed by atoms with Gasteiger partial charge in [0.25, 0.3) is 0 Å². The van der Waals surface area contributed by atoms with E-state index in [9.17, 15) is 0 Å². The molecular formula is C16H15ClN2. The minimum Gasteiger partial charge on any atom is -0.343 e. The van der Waals surface area contributed by atoms with E-state index in [1.807, 2.05) is 12.1 Å². The van der Waals surface area contributed by atoms with Crippen LogP contribution >= 0.6 is 11.6 Å². The Labute approximate surface area is 117 Å². The number of halogens is 1. The van der Waals surface area contributed by atoms with Crippen molar-refractivity contribution in [1.82, 2.24) is 4.57 Å². The highest BCUT2D eigenvalue weighted by atomic mass is 35.5. The quantitative estimate of drug-likeness (QED) is 0.771. The molecule has 96 valence electrons. The summed E-state index contributed by atoms with van der Waals surface area (Å²) in [5.41, 5.74) is 9.32. The van der Waals surface area contributed by atoms with Crippen LogP contribution in [0, 0.1) is 0 Å². The first kappa shape index (κ1) is 12.3. The predicted octanol–water partition coefficient (Wildman–Crippen LogP) is 3.80. The minimum atomic E-state index is 0.571. The first-order chi connectivity index (χ1) is 9.26.